The molecule has 2 aromatic carbocycles. The van der Waals surface area contributed by atoms with E-state index in [9.17, 15) is 19.2 Å². The van der Waals surface area contributed by atoms with Gasteiger partial charge in [0, 0.05) is 5.92 Å². The standard InChI is InChI=1S/C24H25NO7/c1-17(21(26)25-12-13-30-24(25)29)14-20(22(27)31-15-18-8-4-2-5-9-18)23(28)32-16-19-10-6-3-7-11-19/h2-11,17,20H,12-16H2,1H3/t17-/m1/s1. The summed E-state index contributed by atoms with van der Waals surface area (Å²) >= 11 is 0. The van der Waals surface area contributed by atoms with Crippen LogP contribution >= 0.6 is 0 Å². The largest absolute Gasteiger partial charge is 0.460 e. The van der Waals surface area contributed by atoms with E-state index in [2.05, 4.69) is 0 Å². The second-order valence-corrected chi connectivity index (χ2v) is 7.48. The highest BCUT2D eigenvalue weighted by molar-refractivity contribution is 5.97. The van der Waals surface area contributed by atoms with Crippen LogP contribution in [0.4, 0.5) is 4.79 Å². The van der Waals surface area contributed by atoms with Gasteiger partial charge in [0.25, 0.3) is 0 Å². The monoisotopic (exact) mass is 439 g/mol. The van der Waals surface area contributed by atoms with Crippen LogP contribution in [-0.4, -0.2) is 42.0 Å². The highest BCUT2D eigenvalue weighted by atomic mass is 16.6. The van der Waals surface area contributed by atoms with Gasteiger partial charge in [0.2, 0.25) is 5.91 Å². The summed E-state index contributed by atoms with van der Waals surface area (Å²) in [4.78, 5) is 50.8. The molecule has 1 atom stereocenters. The quantitative estimate of drug-likeness (QED) is 0.336. The zero-order valence-corrected chi connectivity index (χ0v) is 17.8. The molecule has 3 rings (SSSR count). The van der Waals surface area contributed by atoms with Crippen molar-refractivity contribution in [3.05, 3.63) is 71.8 Å². The maximum Gasteiger partial charge on any atom is 0.416 e. The fourth-order valence-electron chi connectivity index (χ4n) is 3.26. The van der Waals surface area contributed by atoms with Gasteiger partial charge in [-0.3, -0.25) is 14.4 Å². The van der Waals surface area contributed by atoms with E-state index in [4.69, 9.17) is 14.2 Å². The van der Waals surface area contributed by atoms with Crippen molar-refractivity contribution in [2.75, 3.05) is 13.2 Å². The number of hydrogen-bond acceptors (Lipinski definition) is 7. The number of amides is 2. The van der Waals surface area contributed by atoms with Gasteiger partial charge in [0.05, 0.1) is 6.54 Å². The lowest BCUT2D eigenvalue weighted by atomic mass is 9.94. The number of imide groups is 1. The van der Waals surface area contributed by atoms with E-state index in [0.717, 1.165) is 16.0 Å². The highest BCUT2D eigenvalue weighted by Gasteiger charge is 2.37. The molecule has 1 aliphatic rings. The van der Waals surface area contributed by atoms with Gasteiger partial charge in [-0.2, -0.15) is 0 Å². The van der Waals surface area contributed by atoms with Gasteiger partial charge < -0.3 is 14.2 Å². The van der Waals surface area contributed by atoms with Crippen LogP contribution in [0.1, 0.15) is 24.5 Å². The van der Waals surface area contributed by atoms with E-state index in [-0.39, 0.29) is 32.8 Å². The zero-order valence-electron chi connectivity index (χ0n) is 17.8. The average molecular weight is 439 g/mol. The third-order valence-electron chi connectivity index (χ3n) is 5.05. The minimum Gasteiger partial charge on any atom is -0.460 e. The Bertz CT molecular complexity index is 890. The van der Waals surface area contributed by atoms with E-state index < -0.39 is 35.8 Å². The van der Waals surface area contributed by atoms with Crippen LogP contribution in [0.5, 0.6) is 0 Å². The number of hydrogen-bond donors (Lipinski definition) is 0. The Labute approximate surface area is 186 Å². The molecular formula is C24H25NO7. The minimum absolute atomic E-state index is 0.0110. The van der Waals surface area contributed by atoms with Crippen LogP contribution in [0.15, 0.2) is 60.7 Å². The molecule has 8 nitrogen and oxygen atoms in total. The Morgan fingerprint density at radius 2 is 1.41 bits per heavy atom. The lowest BCUT2D eigenvalue weighted by Crippen LogP contribution is -2.38. The van der Waals surface area contributed by atoms with Gasteiger partial charge in [-0.1, -0.05) is 67.6 Å². The predicted octanol–water partition coefficient (Wildman–Crippen LogP) is 3.09. The summed E-state index contributed by atoms with van der Waals surface area (Å²) in [6.45, 7) is 1.80. The third kappa shape index (κ3) is 6.16. The highest BCUT2D eigenvalue weighted by Crippen LogP contribution is 2.21. The Hall–Kier alpha value is -3.68. The van der Waals surface area contributed by atoms with E-state index >= 15 is 0 Å². The molecule has 0 bridgehead atoms. The van der Waals surface area contributed by atoms with Gasteiger partial charge in [-0.15, -0.1) is 0 Å². The maximum atomic E-state index is 12.8. The summed E-state index contributed by atoms with van der Waals surface area (Å²) < 4.78 is 15.5. The molecule has 2 amide bonds. The number of benzene rings is 2. The molecule has 1 heterocycles. The van der Waals surface area contributed by atoms with Crippen LogP contribution in [0.3, 0.4) is 0 Å². The summed E-state index contributed by atoms with van der Waals surface area (Å²) in [7, 11) is 0. The fourth-order valence-corrected chi connectivity index (χ4v) is 3.26. The molecule has 8 heteroatoms. The number of carbonyl (C=O) groups is 4. The molecule has 0 unspecified atom stereocenters. The first-order valence-corrected chi connectivity index (χ1v) is 10.3. The van der Waals surface area contributed by atoms with Crippen molar-refractivity contribution in [2.45, 2.75) is 26.6 Å². The summed E-state index contributed by atoms with van der Waals surface area (Å²) in [6.07, 6.45) is -0.874. The molecule has 1 fully saturated rings. The fraction of sp³-hybridized carbons (Fsp3) is 0.333. The van der Waals surface area contributed by atoms with Crippen molar-refractivity contribution < 1.29 is 33.4 Å². The molecule has 0 aromatic heterocycles. The van der Waals surface area contributed by atoms with E-state index in [1.54, 1.807) is 31.2 Å². The van der Waals surface area contributed by atoms with Crippen molar-refractivity contribution in [1.82, 2.24) is 4.90 Å². The van der Waals surface area contributed by atoms with Crippen molar-refractivity contribution in [2.24, 2.45) is 11.8 Å². The summed E-state index contributed by atoms with van der Waals surface area (Å²) in [6, 6.07) is 18.1. The normalized spacial score (nSPS) is 14.1. The molecule has 0 spiro atoms. The van der Waals surface area contributed by atoms with E-state index in [1.165, 1.54) is 0 Å². The molecule has 1 aliphatic heterocycles. The summed E-state index contributed by atoms with van der Waals surface area (Å²) in [5.74, 6) is -4.17. The molecule has 2 aromatic rings. The molecule has 0 radical (unpaired) electrons. The number of esters is 2. The van der Waals surface area contributed by atoms with Crippen molar-refractivity contribution in [1.29, 1.82) is 0 Å². The van der Waals surface area contributed by atoms with Gasteiger partial charge in [-0.05, 0) is 17.5 Å². The molecular weight excluding hydrogens is 414 g/mol. The van der Waals surface area contributed by atoms with Crippen molar-refractivity contribution in [3.8, 4) is 0 Å². The van der Waals surface area contributed by atoms with Gasteiger partial charge >= 0.3 is 18.0 Å². The molecule has 0 N–H and O–H groups in total. The lowest BCUT2D eigenvalue weighted by Gasteiger charge is -2.21. The van der Waals surface area contributed by atoms with Gasteiger partial charge in [0.1, 0.15) is 19.8 Å². The van der Waals surface area contributed by atoms with Crippen molar-refractivity contribution >= 4 is 23.9 Å². The predicted molar refractivity (Wildman–Crippen MR) is 113 cm³/mol. The van der Waals surface area contributed by atoms with Crippen LogP contribution in [0.2, 0.25) is 0 Å². The number of rotatable bonds is 9. The average Bonchev–Trinajstić information content (AvgIpc) is 3.25. The number of nitrogens with zero attached hydrogens (tertiary/aromatic N) is 1. The smallest absolute Gasteiger partial charge is 0.416 e. The Morgan fingerprint density at radius 3 is 1.84 bits per heavy atom. The Balaban J connectivity index is 1.67. The lowest BCUT2D eigenvalue weighted by molar-refractivity contribution is -0.164. The van der Waals surface area contributed by atoms with Gasteiger partial charge in [0.15, 0.2) is 5.92 Å². The first-order valence-electron chi connectivity index (χ1n) is 10.3. The third-order valence-corrected chi connectivity index (χ3v) is 5.05. The number of ether oxygens (including phenoxy) is 3. The SMILES string of the molecule is C[C@H](CC(C(=O)OCc1ccccc1)C(=O)OCc1ccccc1)C(=O)N1CCOC1=O. The van der Waals surface area contributed by atoms with Crippen LogP contribution in [0.25, 0.3) is 0 Å². The first-order chi connectivity index (χ1) is 15.5. The minimum atomic E-state index is -1.31. The first kappa shape index (κ1) is 23.0. The summed E-state index contributed by atoms with van der Waals surface area (Å²) in [5.41, 5.74) is 1.53. The molecule has 32 heavy (non-hydrogen) atoms. The van der Waals surface area contributed by atoms with Crippen molar-refractivity contribution in [3.63, 3.8) is 0 Å². The Morgan fingerprint density at radius 1 is 0.906 bits per heavy atom. The number of carbonyl (C=O) groups excluding carboxylic acids is 4. The molecule has 0 saturated carbocycles. The van der Waals surface area contributed by atoms with Gasteiger partial charge in [-0.25, -0.2) is 9.69 Å². The topological polar surface area (TPSA) is 99.2 Å². The van der Waals surface area contributed by atoms with E-state index in [0.29, 0.717) is 0 Å². The second kappa shape index (κ2) is 11.1. The molecule has 0 aliphatic carbocycles. The zero-order chi connectivity index (χ0) is 22.9. The number of cyclic esters (lactones) is 1. The molecule has 1 saturated heterocycles. The van der Waals surface area contributed by atoms with Crippen LogP contribution in [-0.2, 0) is 41.8 Å². The molecule has 168 valence electrons. The summed E-state index contributed by atoms with van der Waals surface area (Å²) in [5, 5.41) is 0. The Kier molecular flexibility index (Phi) is 7.96. The van der Waals surface area contributed by atoms with E-state index in [1.807, 2.05) is 36.4 Å². The second-order valence-electron chi connectivity index (χ2n) is 7.48. The van der Waals surface area contributed by atoms with Crippen LogP contribution in [0, 0.1) is 11.8 Å². The van der Waals surface area contributed by atoms with Crippen LogP contribution < -0.4 is 0 Å². The maximum absolute atomic E-state index is 12.8.